The zero-order chi connectivity index (χ0) is 16.4. The van der Waals surface area contributed by atoms with E-state index in [4.69, 9.17) is 4.74 Å². The molecule has 3 heteroatoms. The minimum absolute atomic E-state index is 0.288. The highest BCUT2D eigenvalue weighted by Gasteiger charge is 2.06. The maximum atomic E-state index is 9.42. The molecule has 0 aliphatic heterocycles. The van der Waals surface area contributed by atoms with E-state index in [1.165, 1.54) is 15.0 Å². The number of phenolic OH excluding ortho intramolecular Hbond substituents is 1. The van der Waals surface area contributed by atoms with Crippen LogP contribution < -0.4 is 4.74 Å². The Morgan fingerprint density at radius 2 is 1.62 bits per heavy atom. The number of fused-ring (bicyclic) bond motifs is 1. The Bertz CT molecular complexity index is 956. The number of ether oxygens (including phenoxy) is 1. The van der Waals surface area contributed by atoms with Crippen molar-refractivity contribution in [1.82, 2.24) is 0 Å². The first-order valence-electron chi connectivity index (χ1n) is 7.78. The normalized spacial score (nSPS) is 10.8. The Balaban J connectivity index is 1.58. The van der Waals surface area contributed by atoms with E-state index in [0.717, 1.165) is 16.9 Å². The van der Waals surface area contributed by atoms with Gasteiger partial charge in [-0.3, -0.25) is 0 Å². The molecule has 2 nitrogen and oxygen atoms in total. The van der Waals surface area contributed by atoms with E-state index in [-0.39, 0.29) is 5.75 Å². The molecule has 24 heavy (non-hydrogen) atoms. The van der Waals surface area contributed by atoms with Gasteiger partial charge in [-0.05, 0) is 65.0 Å². The summed E-state index contributed by atoms with van der Waals surface area (Å²) in [6.07, 6.45) is 0. The van der Waals surface area contributed by atoms with Crippen molar-refractivity contribution in [2.75, 3.05) is 0 Å². The number of benzene rings is 3. The van der Waals surface area contributed by atoms with Gasteiger partial charge in [0.1, 0.15) is 18.1 Å². The van der Waals surface area contributed by atoms with Crippen molar-refractivity contribution < 1.29 is 9.84 Å². The van der Waals surface area contributed by atoms with E-state index in [1.807, 2.05) is 36.4 Å². The highest BCUT2D eigenvalue weighted by Crippen LogP contribution is 2.36. The fourth-order valence-corrected chi connectivity index (χ4v) is 3.71. The quantitative estimate of drug-likeness (QED) is 0.508. The topological polar surface area (TPSA) is 29.5 Å². The molecular weight excluding hydrogens is 316 g/mol. The monoisotopic (exact) mass is 332 g/mol. The predicted octanol–water partition coefficient (Wildman–Crippen LogP) is 5.85. The van der Waals surface area contributed by atoms with Crippen LogP contribution in [0.3, 0.4) is 0 Å². The number of hydrogen-bond donors (Lipinski definition) is 1. The first-order chi connectivity index (χ1) is 11.8. The summed E-state index contributed by atoms with van der Waals surface area (Å²) in [6.45, 7) is 0.572. The van der Waals surface area contributed by atoms with E-state index in [1.54, 1.807) is 23.5 Å². The minimum atomic E-state index is 0.288. The SMILES string of the molecule is Oc1ccc(-c2cc3ccc(OCc4ccccc4)cc3s2)cc1. The van der Waals surface area contributed by atoms with Crippen molar-refractivity contribution in [3.8, 4) is 21.9 Å². The fraction of sp³-hybridized carbons (Fsp3) is 0.0476. The van der Waals surface area contributed by atoms with E-state index in [0.29, 0.717) is 6.61 Å². The molecule has 0 saturated carbocycles. The largest absolute Gasteiger partial charge is 0.508 e. The summed E-state index contributed by atoms with van der Waals surface area (Å²) in [4.78, 5) is 1.19. The number of aromatic hydroxyl groups is 1. The van der Waals surface area contributed by atoms with E-state index < -0.39 is 0 Å². The highest BCUT2D eigenvalue weighted by atomic mass is 32.1. The molecule has 0 radical (unpaired) electrons. The van der Waals surface area contributed by atoms with Crippen LogP contribution in [0.4, 0.5) is 0 Å². The molecule has 0 unspecified atom stereocenters. The molecule has 0 aliphatic carbocycles. The van der Waals surface area contributed by atoms with E-state index >= 15 is 0 Å². The first kappa shape index (κ1) is 14.8. The lowest BCUT2D eigenvalue weighted by Gasteiger charge is -2.06. The molecular formula is C21H16O2S. The molecule has 3 aromatic carbocycles. The molecule has 1 aromatic heterocycles. The lowest BCUT2D eigenvalue weighted by molar-refractivity contribution is 0.306. The van der Waals surface area contributed by atoms with E-state index in [9.17, 15) is 5.11 Å². The zero-order valence-corrected chi connectivity index (χ0v) is 13.8. The summed E-state index contributed by atoms with van der Waals surface area (Å²) in [7, 11) is 0. The van der Waals surface area contributed by atoms with Gasteiger partial charge in [0.2, 0.25) is 0 Å². The Morgan fingerprint density at radius 3 is 2.42 bits per heavy atom. The van der Waals surface area contributed by atoms with Crippen LogP contribution in [-0.2, 0) is 6.61 Å². The molecule has 0 spiro atoms. The van der Waals surface area contributed by atoms with Gasteiger partial charge in [-0.25, -0.2) is 0 Å². The van der Waals surface area contributed by atoms with Crippen molar-refractivity contribution >= 4 is 21.4 Å². The molecule has 0 atom stereocenters. The van der Waals surface area contributed by atoms with Crippen LogP contribution in [0.1, 0.15) is 5.56 Å². The predicted molar refractivity (Wildman–Crippen MR) is 99.7 cm³/mol. The summed E-state index contributed by atoms with van der Waals surface area (Å²) < 4.78 is 7.10. The van der Waals surface area contributed by atoms with Gasteiger partial charge in [0.05, 0.1) is 0 Å². The maximum Gasteiger partial charge on any atom is 0.121 e. The van der Waals surface area contributed by atoms with Gasteiger partial charge < -0.3 is 9.84 Å². The number of thiophene rings is 1. The minimum Gasteiger partial charge on any atom is -0.508 e. The summed E-state index contributed by atoms with van der Waals surface area (Å²) in [5.41, 5.74) is 2.27. The van der Waals surface area contributed by atoms with Crippen LogP contribution >= 0.6 is 11.3 Å². The third-order valence-corrected chi connectivity index (χ3v) is 5.04. The van der Waals surface area contributed by atoms with Gasteiger partial charge in [0.25, 0.3) is 0 Å². The average molecular weight is 332 g/mol. The fourth-order valence-electron chi connectivity index (χ4n) is 2.61. The summed E-state index contributed by atoms with van der Waals surface area (Å²) in [5, 5.41) is 10.6. The van der Waals surface area contributed by atoms with Crippen molar-refractivity contribution in [3.63, 3.8) is 0 Å². The summed E-state index contributed by atoms with van der Waals surface area (Å²) in [5.74, 6) is 1.17. The van der Waals surface area contributed by atoms with Crippen molar-refractivity contribution in [2.45, 2.75) is 6.61 Å². The average Bonchev–Trinajstić information content (AvgIpc) is 3.05. The summed E-state index contributed by atoms with van der Waals surface area (Å²) in [6, 6.07) is 25.8. The lowest BCUT2D eigenvalue weighted by atomic mass is 10.1. The second-order valence-electron chi connectivity index (χ2n) is 5.63. The van der Waals surface area contributed by atoms with Gasteiger partial charge in [-0.2, -0.15) is 0 Å². The highest BCUT2D eigenvalue weighted by molar-refractivity contribution is 7.22. The molecule has 0 bridgehead atoms. The molecule has 1 heterocycles. The van der Waals surface area contributed by atoms with E-state index in [2.05, 4.69) is 30.3 Å². The first-order valence-corrected chi connectivity index (χ1v) is 8.59. The van der Waals surface area contributed by atoms with Crippen LogP contribution in [0.25, 0.3) is 20.5 Å². The van der Waals surface area contributed by atoms with Crippen LogP contribution in [0.2, 0.25) is 0 Å². The Labute approximate surface area is 144 Å². The molecule has 0 fully saturated rings. The third-order valence-electron chi connectivity index (χ3n) is 3.89. The standard InChI is InChI=1S/C21H16O2S/c22-18-9-6-16(7-10-18)20-12-17-8-11-19(13-21(17)24-20)23-14-15-4-2-1-3-5-15/h1-13,22H,14H2. The summed E-state index contributed by atoms with van der Waals surface area (Å²) >= 11 is 1.73. The molecule has 118 valence electrons. The maximum absolute atomic E-state index is 9.42. The molecule has 0 aliphatic rings. The third kappa shape index (κ3) is 3.12. The van der Waals surface area contributed by atoms with Crippen LogP contribution in [0.5, 0.6) is 11.5 Å². The molecule has 0 saturated heterocycles. The van der Waals surface area contributed by atoms with Gasteiger partial charge >= 0.3 is 0 Å². The van der Waals surface area contributed by atoms with Crippen molar-refractivity contribution in [3.05, 3.63) is 84.4 Å². The van der Waals surface area contributed by atoms with Crippen molar-refractivity contribution in [1.29, 1.82) is 0 Å². The molecule has 4 rings (SSSR count). The number of rotatable bonds is 4. The van der Waals surface area contributed by atoms with Gasteiger partial charge in [0, 0.05) is 9.58 Å². The Hall–Kier alpha value is -2.78. The molecule has 0 amide bonds. The van der Waals surface area contributed by atoms with Crippen molar-refractivity contribution in [2.24, 2.45) is 0 Å². The second-order valence-corrected chi connectivity index (χ2v) is 6.72. The lowest BCUT2D eigenvalue weighted by Crippen LogP contribution is -1.94. The smallest absolute Gasteiger partial charge is 0.121 e. The van der Waals surface area contributed by atoms with Crippen LogP contribution in [0, 0.1) is 0 Å². The van der Waals surface area contributed by atoms with Gasteiger partial charge in [0.15, 0.2) is 0 Å². The van der Waals surface area contributed by atoms with Gasteiger partial charge in [-0.1, -0.05) is 30.3 Å². The molecule has 1 N–H and O–H groups in total. The van der Waals surface area contributed by atoms with Crippen LogP contribution in [0.15, 0.2) is 78.9 Å². The second kappa shape index (κ2) is 6.38. The molecule has 4 aromatic rings. The van der Waals surface area contributed by atoms with Gasteiger partial charge in [-0.15, -0.1) is 11.3 Å². The Morgan fingerprint density at radius 1 is 0.833 bits per heavy atom. The van der Waals surface area contributed by atoms with Crippen LogP contribution in [-0.4, -0.2) is 5.11 Å². The Kier molecular flexibility index (Phi) is 3.93. The number of hydrogen-bond acceptors (Lipinski definition) is 3. The zero-order valence-electron chi connectivity index (χ0n) is 13.0. The number of phenols is 1.